The molecule has 0 unspecified atom stereocenters. The van der Waals surface area contributed by atoms with E-state index in [1.165, 1.54) is 12.1 Å². The van der Waals surface area contributed by atoms with Crippen LogP contribution in [-0.2, 0) is 6.42 Å². The maximum absolute atomic E-state index is 13.2. The molecule has 0 atom stereocenters. The molecule has 0 radical (unpaired) electrons. The molecule has 22 heavy (non-hydrogen) atoms. The van der Waals surface area contributed by atoms with E-state index in [4.69, 9.17) is 0 Å². The Morgan fingerprint density at radius 2 is 1.95 bits per heavy atom. The number of nitrogens with one attached hydrogen (secondary N) is 1. The fraction of sp³-hybridized carbons (Fsp3) is 0.118. The van der Waals surface area contributed by atoms with Gasteiger partial charge in [0.2, 0.25) is 0 Å². The van der Waals surface area contributed by atoms with Crippen LogP contribution in [0.1, 0.15) is 11.3 Å². The average Bonchev–Trinajstić information content (AvgIpc) is 2.55. The number of nitrogens with zero attached hydrogens (tertiary/aromatic N) is 3. The monoisotopic (exact) mass is 292 g/mol. The zero-order chi connectivity index (χ0) is 15.4. The van der Waals surface area contributed by atoms with Gasteiger partial charge in [-0.3, -0.25) is 0 Å². The summed E-state index contributed by atoms with van der Waals surface area (Å²) in [6, 6.07) is 16.1. The van der Waals surface area contributed by atoms with Crippen LogP contribution < -0.4 is 5.32 Å². The van der Waals surface area contributed by atoms with Gasteiger partial charge in [-0.2, -0.15) is 5.26 Å². The van der Waals surface area contributed by atoms with Crippen LogP contribution in [0.4, 0.5) is 10.1 Å². The Labute approximate surface area is 127 Å². The van der Waals surface area contributed by atoms with E-state index in [2.05, 4.69) is 15.5 Å². The molecule has 1 heterocycles. The normalized spacial score (nSPS) is 10.4. The van der Waals surface area contributed by atoms with Crippen LogP contribution >= 0.6 is 0 Å². The lowest BCUT2D eigenvalue weighted by molar-refractivity contribution is 0.625. The standard InChI is InChI=1S/C17H13FN4/c18-13-5-3-4-12(10-13)8-9-20-17-14-6-1-2-7-15(14)21-22-16(17)11-19/h1-7,10H,8-9H2,(H,20,21). The van der Waals surface area contributed by atoms with E-state index in [0.29, 0.717) is 18.7 Å². The molecule has 108 valence electrons. The van der Waals surface area contributed by atoms with Crippen molar-refractivity contribution in [3.05, 3.63) is 65.6 Å². The maximum atomic E-state index is 13.2. The van der Waals surface area contributed by atoms with Gasteiger partial charge in [-0.05, 0) is 30.2 Å². The Morgan fingerprint density at radius 3 is 2.77 bits per heavy atom. The molecule has 1 N–H and O–H groups in total. The number of nitriles is 1. The third-order valence-corrected chi connectivity index (χ3v) is 3.38. The topological polar surface area (TPSA) is 61.6 Å². The predicted octanol–water partition coefficient (Wildman–Crippen LogP) is 3.30. The second-order valence-electron chi connectivity index (χ2n) is 4.86. The number of fused-ring (bicyclic) bond motifs is 1. The minimum atomic E-state index is -0.244. The van der Waals surface area contributed by atoms with Crippen molar-refractivity contribution >= 4 is 16.6 Å². The molecule has 0 aliphatic rings. The largest absolute Gasteiger partial charge is 0.382 e. The molecule has 0 spiro atoms. The van der Waals surface area contributed by atoms with Crippen molar-refractivity contribution in [2.45, 2.75) is 6.42 Å². The van der Waals surface area contributed by atoms with Gasteiger partial charge in [-0.15, -0.1) is 10.2 Å². The molecule has 4 nitrogen and oxygen atoms in total. The molecule has 3 aromatic rings. The molecule has 0 saturated carbocycles. The SMILES string of the molecule is N#Cc1nnc2ccccc2c1NCCc1cccc(F)c1. The van der Waals surface area contributed by atoms with Crippen LogP contribution in [0.15, 0.2) is 48.5 Å². The fourth-order valence-corrected chi connectivity index (χ4v) is 2.34. The summed E-state index contributed by atoms with van der Waals surface area (Å²) in [7, 11) is 0. The minimum Gasteiger partial charge on any atom is -0.382 e. The average molecular weight is 292 g/mol. The van der Waals surface area contributed by atoms with Gasteiger partial charge in [0, 0.05) is 11.9 Å². The summed E-state index contributed by atoms with van der Waals surface area (Å²) < 4.78 is 13.2. The lowest BCUT2D eigenvalue weighted by Gasteiger charge is -2.10. The first-order valence-electron chi connectivity index (χ1n) is 6.92. The van der Waals surface area contributed by atoms with Crippen LogP contribution in [0.5, 0.6) is 0 Å². The maximum Gasteiger partial charge on any atom is 0.186 e. The highest BCUT2D eigenvalue weighted by Gasteiger charge is 2.09. The van der Waals surface area contributed by atoms with Crippen LogP contribution in [0.3, 0.4) is 0 Å². The van der Waals surface area contributed by atoms with Crippen LogP contribution in [0.25, 0.3) is 10.9 Å². The van der Waals surface area contributed by atoms with Crippen molar-refractivity contribution in [2.24, 2.45) is 0 Å². The van der Waals surface area contributed by atoms with Crippen LogP contribution in [0.2, 0.25) is 0 Å². The zero-order valence-electron chi connectivity index (χ0n) is 11.8. The lowest BCUT2D eigenvalue weighted by atomic mass is 10.1. The first-order chi connectivity index (χ1) is 10.8. The van der Waals surface area contributed by atoms with E-state index in [9.17, 15) is 9.65 Å². The summed E-state index contributed by atoms with van der Waals surface area (Å²) in [4.78, 5) is 0. The van der Waals surface area contributed by atoms with Crippen molar-refractivity contribution in [1.29, 1.82) is 5.26 Å². The first-order valence-corrected chi connectivity index (χ1v) is 6.92. The van der Waals surface area contributed by atoms with Gasteiger partial charge in [-0.1, -0.05) is 30.3 Å². The van der Waals surface area contributed by atoms with Crippen LogP contribution in [-0.4, -0.2) is 16.7 Å². The van der Waals surface area contributed by atoms with E-state index in [-0.39, 0.29) is 11.5 Å². The molecular weight excluding hydrogens is 279 g/mol. The summed E-state index contributed by atoms with van der Waals surface area (Å²) in [5.74, 6) is -0.244. The predicted molar refractivity (Wildman–Crippen MR) is 82.8 cm³/mol. The second kappa shape index (κ2) is 6.19. The van der Waals surface area contributed by atoms with Gasteiger partial charge >= 0.3 is 0 Å². The second-order valence-corrected chi connectivity index (χ2v) is 4.86. The Hall–Kier alpha value is -3.00. The Bertz CT molecular complexity index is 855. The smallest absolute Gasteiger partial charge is 0.186 e. The Morgan fingerprint density at radius 1 is 1.09 bits per heavy atom. The third kappa shape index (κ3) is 2.86. The summed E-state index contributed by atoms with van der Waals surface area (Å²) >= 11 is 0. The Balaban J connectivity index is 1.83. The van der Waals surface area contributed by atoms with Crippen molar-refractivity contribution < 1.29 is 4.39 Å². The molecule has 0 bridgehead atoms. The van der Waals surface area contributed by atoms with E-state index in [1.54, 1.807) is 6.07 Å². The van der Waals surface area contributed by atoms with E-state index in [1.807, 2.05) is 36.4 Å². The number of halogens is 1. The van der Waals surface area contributed by atoms with Gasteiger partial charge in [0.05, 0.1) is 11.2 Å². The van der Waals surface area contributed by atoms with Gasteiger partial charge in [-0.25, -0.2) is 4.39 Å². The molecule has 1 aromatic heterocycles. The molecule has 2 aromatic carbocycles. The molecule has 0 aliphatic heterocycles. The van der Waals surface area contributed by atoms with E-state index >= 15 is 0 Å². The summed E-state index contributed by atoms with van der Waals surface area (Å²) in [5.41, 5.74) is 2.56. The molecule has 0 saturated heterocycles. The number of rotatable bonds is 4. The first kappa shape index (κ1) is 14.0. The fourth-order valence-electron chi connectivity index (χ4n) is 2.34. The van der Waals surface area contributed by atoms with Crippen molar-refractivity contribution in [3.63, 3.8) is 0 Å². The number of hydrogen-bond acceptors (Lipinski definition) is 4. The number of benzene rings is 2. The third-order valence-electron chi connectivity index (χ3n) is 3.38. The minimum absolute atomic E-state index is 0.244. The van der Waals surface area contributed by atoms with Crippen molar-refractivity contribution in [3.8, 4) is 6.07 Å². The molecular formula is C17H13FN4. The Kier molecular flexibility index (Phi) is 3.92. The summed E-state index contributed by atoms with van der Waals surface area (Å²) in [6.45, 7) is 0.577. The van der Waals surface area contributed by atoms with E-state index < -0.39 is 0 Å². The molecule has 5 heteroatoms. The van der Waals surface area contributed by atoms with Gasteiger partial charge < -0.3 is 5.32 Å². The van der Waals surface area contributed by atoms with Crippen LogP contribution in [0, 0.1) is 17.1 Å². The number of aromatic nitrogens is 2. The van der Waals surface area contributed by atoms with Gasteiger partial charge in [0.25, 0.3) is 0 Å². The highest BCUT2D eigenvalue weighted by atomic mass is 19.1. The number of anilines is 1. The van der Waals surface area contributed by atoms with Gasteiger partial charge in [0.15, 0.2) is 5.69 Å². The molecule has 0 fully saturated rings. The molecule has 0 aliphatic carbocycles. The summed E-state index contributed by atoms with van der Waals surface area (Å²) in [6.07, 6.45) is 0.652. The zero-order valence-corrected chi connectivity index (χ0v) is 11.8. The van der Waals surface area contributed by atoms with Gasteiger partial charge in [0.1, 0.15) is 11.9 Å². The quantitative estimate of drug-likeness (QED) is 0.801. The highest BCUT2D eigenvalue weighted by Crippen LogP contribution is 2.23. The van der Waals surface area contributed by atoms with Crippen molar-refractivity contribution in [1.82, 2.24) is 10.2 Å². The number of hydrogen-bond donors (Lipinski definition) is 1. The lowest BCUT2D eigenvalue weighted by Crippen LogP contribution is -2.08. The van der Waals surface area contributed by atoms with Crippen molar-refractivity contribution in [2.75, 3.05) is 11.9 Å². The van der Waals surface area contributed by atoms with E-state index in [0.717, 1.165) is 16.5 Å². The summed E-state index contributed by atoms with van der Waals surface area (Å²) in [5, 5.41) is 21.2. The molecule has 0 amide bonds. The molecule has 3 rings (SSSR count). The highest BCUT2D eigenvalue weighted by molar-refractivity contribution is 5.92.